The summed E-state index contributed by atoms with van der Waals surface area (Å²) in [6.07, 6.45) is 0.116. The zero-order valence-corrected chi connectivity index (χ0v) is 16.6. The monoisotopic (exact) mass is 389 g/mol. The maximum atomic E-state index is 12.2. The van der Waals surface area contributed by atoms with Crippen LogP contribution in [0.3, 0.4) is 0 Å². The summed E-state index contributed by atoms with van der Waals surface area (Å²) in [5.74, 6) is -0.509. The maximum absolute atomic E-state index is 12.2. The molecule has 5 nitrogen and oxygen atoms in total. The first-order valence-corrected chi connectivity index (χ1v) is 9.92. The van der Waals surface area contributed by atoms with E-state index in [-0.39, 0.29) is 12.6 Å². The number of amides is 1. The summed E-state index contributed by atoms with van der Waals surface area (Å²) >= 11 is 1.65. The molecule has 146 valence electrons. The molecule has 0 aliphatic rings. The van der Waals surface area contributed by atoms with Crippen LogP contribution in [0.25, 0.3) is 0 Å². The molecule has 0 aromatic heterocycles. The zero-order chi connectivity index (χ0) is 19.5. The summed E-state index contributed by atoms with van der Waals surface area (Å²) in [5, 5.41) is 12.6. The predicted octanol–water partition coefficient (Wildman–Crippen LogP) is 4.21. The van der Waals surface area contributed by atoms with Crippen LogP contribution in [0.2, 0.25) is 0 Å². The van der Waals surface area contributed by atoms with Crippen molar-refractivity contribution in [2.75, 3.05) is 12.4 Å². The van der Waals surface area contributed by atoms with Crippen molar-refractivity contribution in [1.29, 1.82) is 0 Å². The van der Waals surface area contributed by atoms with Gasteiger partial charge in [0.25, 0.3) is 0 Å². The molecular weight excluding hydrogens is 362 g/mol. The normalized spacial score (nSPS) is 12.4. The first-order chi connectivity index (χ1) is 12.9. The van der Waals surface area contributed by atoms with Gasteiger partial charge in [-0.3, -0.25) is 0 Å². The standard InChI is InChI=1S/C21H27NO4S/c1-21(2,24)26-14-13-18(16-27-19-11-7-4-8-12-19)22-20(23)25-15-17-9-5-3-6-10-17/h3-12,18,24H,13-16H2,1-2H3,(H,22,23). The van der Waals surface area contributed by atoms with Crippen molar-refractivity contribution in [3.8, 4) is 0 Å². The van der Waals surface area contributed by atoms with Gasteiger partial charge in [0.05, 0.1) is 6.61 Å². The summed E-state index contributed by atoms with van der Waals surface area (Å²) in [7, 11) is 0. The Morgan fingerprint density at radius 2 is 1.74 bits per heavy atom. The molecule has 0 saturated carbocycles. The van der Waals surface area contributed by atoms with Crippen LogP contribution in [0.15, 0.2) is 65.6 Å². The lowest BCUT2D eigenvalue weighted by Crippen LogP contribution is -2.38. The Kier molecular flexibility index (Phi) is 8.64. The molecule has 2 aromatic rings. The third-order valence-electron chi connectivity index (χ3n) is 3.65. The van der Waals surface area contributed by atoms with Gasteiger partial charge < -0.3 is 19.9 Å². The van der Waals surface area contributed by atoms with Crippen LogP contribution in [-0.4, -0.2) is 35.4 Å². The van der Waals surface area contributed by atoms with Crippen molar-refractivity contribution >= 4 is 17.9 Å². The molecule has 1 unspecified atom stereocenters. The third-order valence-corrected chi connectivity index (χ3v) is 4.83. The Morgan fingerprint density at radius 1 is 1.11 bits per heavy atom. The molecule has 6 heteroatoms. The van der Waals surface area contributed by atoms with Crippen molar-refractivity contribution in [3.63, 3.8) is 0 Å². The topological polar surface area (TPSA) is 67.8 Å². The van der Waals surface area contributed by atoms with Crippen LogP contribution in [0.4, 0.5) is 4.79 Å². The molecule has 1 atom stereocenters. The molecule has 0 fully saturated rings. The van der Waals surface area contributed by atoms with E-state index >= 15 is 0 Å². The molecule has 27 heavy (non-hydrogen) atoms. The van der Waals surface area contributed by atoms with E-state index in [1.807, 2.05) is 60.7 Å². The Bertz CT molecular complexity index is 674. The molecule has 2 N–H and O–H groups in total. The molecule has 1 amide bonds. The highest BCUT2D eigenvalue weighted by Gasteiger charge is 2.17. The highest BCUT2D eigenvalue weighted by molar-refractivity contribution is 7.99. The lowest BCUT2D eigenvalue weighted by molar-refractivity contribution is -0.176. The van der Waals surface area contributed by atoms with Gasteiger partial charge in [0.1, 0.15) is 6.61 Å². The lowest BCUT2D eigenvalue weighted by Gasteiger charge is -2.22. The van der Waals surface area contributed by atoms with Crippen molar-refractivity contribution < 1.29 is 19.4 Å². The molecule has 0 bridgehead atoms. The number of hydrogen-bond donors (Lipinski definition) is 2. The highest BCUT2D eigenvalue weighted by Crippen LogP contribution is 2.19. The van der Waals surface area contributed by atoms with Crippen molar-refractivity contribution in [3.05, 3.63) is 66.2 Å². The van der Waals surface area contributed by atoms with Crippen LogP contribution in [0, 0.1) is 0 Å². The van der Waals surface area contributed by atoms with E-state index in [1.54, 1.807) is 25.6 Å². The minimum absolute atomic E-state index is 0.138. The van der Waals surface area contributed by atoms with Gasteiger partial charge in [-0.1, -0.05) is 48.5 Å². The first-order valence-electron chi connectivity index (χ1n) is 8.94. The number of thioether (sulfide) groups is 1. The Morgan fingerprint density at radius 3 is 2.37 bits per heavy atom. The van der Waals surface area contributed by atoms with Crippen LogP contribution in [0.5, 0.6) is 0 Å². The SMILES string of the molecule is CC(C)(O)OCCC(CSc1ccccc1)NC(=O)OCc1ccccc1. The number of aliphatic hydroxyl groups is 1. The smallest absolute Gasteiger partial charge is 0.407 e. The predicted molar refractivity (Wildman–Crippen MR) is 108 cm³/mol. The number of ether oxygens (including phenoxy) is 2. The number of carbonyl (C=O) groups excluding carboxylic acids is 1. The Hall–Kier alpha value is -2.02. The summed E-state index contributed by atoms with van der Waals surface area (Å²) in [6, 6.07) is 19.4. The van der Waals surface area contributed by atoms with Crippen LogP contribution >= 0.6 is 11.8 Å². The summed E-state index contributed by atoms with van der Waals surface area (Å²) < 4.78 is 10.7. The van der Waals surface area contributed by atoms with E-state index in [0.717, 1.165) is 10.5 Å². The van der Waals surface area contributed by atoms with Crippen molar-refractivity contribution in [1.82, 2.24) is 5.32 Å². The number of alkyl carbamates (subject to hydrolysis) is 1. The maximum Gasteiger partial charge on any atom is 0.407 e. The van der Waals surface area contributed by atoms with Crippen molar-refractivity contribution in [2.24, 2.45) is 0 Å². The molecule has 0 radical (unpaired) electrons. The third kappa shape index (κ3) is 9.47. The molecule has 0 aliphatic carbocycles. The van der Waals surface area contributed by atoms with E-state index < -0.39 is 11.9 Å². The summed E-state index contributed by atoms with van der Waals surface area (Å²) in [5.41, 5.74) is 0.938. The van der Waals surface area contributed by atoms with Gasteiger partial charge in [0, 0.05) is 16.7 Å². The largest absolute Gasteiger partial charge is 0.445 e. The van der Waals surface area contributed by atoms with E-state index in [4.69, 9.17) is 9.47 Å². The van der Waals surface area contributed by atoms with Crippen LogP contribution in [0.1, 0.15) is 25.8 Å². The fourth-order valence-corrected chi connectivity index (χ4v) is 3.29. The molecule has 0 heterocycles. The average Bonchev–Trinajstić information content (AvgIpc) is 2.65. The molecule has 0 saturated heterocycles. The number of rotatable bonds is 10. The summed E-state index contributed by atoms with van der Waals surface area (Å²) in [6.45, 7) is 3.73. The van der Waals surface area contributed by atoms with Gasteiger partial charge >= 0.3 is 6.09 Å². The summed E-state index contributed by atoms with van der Waals surface area (Å²) in [4.78, 5) is 13.3. The fraction of sp³-hybridized carbons (Fsp3) is 0.381. The van der Waals surface area contributed by atoms with Crippen LogP contribution in [-0.2, 0) is 16.1 Å². The van der Waals surface area contributed by atoms with E-state index in [0.29, 0.717) is 18.8 Å². The number of carbonyl (C=O) groups is 1. The van der Waals surface area contributed by atoms with Gasteiger partial charge in [-0.25, -0.2) is 4.79 Å². The van der Waals surface area contributed by atoms with Gasteiger partial charge in [0.2, 0.25) is 0 Å². The molecule has 0 aliphatic heterocycles. The number of hydrogen-bond acceptors (Lipinski definition) is 5. The second-order valence-corrected chi connectivity index (χ2v) is 7.70. The highest BCUT2D eigenvalue weighted by atomic mass is 32.2. The quantitative estimate of drug-likeness (QED) is 0.471. The fourth-order valence-electron chi connectivity index (χ4n) is 2.29. The van der Waals surface area contributed by atoms with Gasteiger partial charge in [0.15, 0.2) is 5.79 Å². The van der Waals surface area contributed by atoms with Gasteiger partial charge in [-0.15, -0.1) is 11.8 Å². The average molecular weight is 390 g/mol. The lowest BCUT2D eigenvalue weighted by atomic mass is 10.2. The number of benzene rings is 2. The van der Waals surface area contributed by atoms with Gasteiger partial charge in [-0.2, -0.15) is 0 Å². The number of nitrogens with one attached hydrogen (secondary N) is 1. The van der Waals surface area contributed by atoms with Gasteiger partial charge in [-0.05, 0) is 38.0 Å². The Labute approximate surface area is 165 Å². The van der Waals surface area contributed by atoms with Crippen molar-refractivity contribution in [2.45, 2.75) is 43.6 Å². The zero-order valence-electron chi connectivity index (χ0n) is 15.8. The minimum Gasteiger partial charge on any atom is -0.445 e. The van der Waals surface area contributed by atoms with Crippen LogP contribution < -0.4 is 5.32 Å². The second-order valence-electron chi connectivity index (χ2n) is 6.61. The second kappa shape index (κ2) is 11.0. The Balaban J connectivity index is 1.84. The van der Waals surface area contributed by atoms with E-state index in [1.165, 1.54) is 0 Å². The molecular formula is C21H27NO4S. The minimum atomic E-state index is -1.19. The molecule has 0 spiro atoms. The molecule has 2 rings (SSSR count). The van der Waals surface area contributed by atoms with E-state index in [2.05, 4.69) is 5.32 Å². The molecule has 2 aromatic carbocycles. The van der Waals surface area contributed by atoms with E-state index in [9.17, 15) is 9.90 Å². The first kappa shape index (κ1) is 21.3.